The highest BCUT2D eigenvalue weighted by atomic mass is 79.9. The van der Waals surface area contributed by atoms with Crippen LogP contribution in [0.3, 0.4) is 0 Å². The number of nitrogens with two attached hydrogens (primary N) is 1. The van der Waals surface area contributed by atoms with Crippen molar-refractivity contribution in [3.8, 4) is 0 Å². The zero-order chi connectivity index (χ0) is 13.1. The minimum atomic E-state index is 0.240. The number of hydrogen-bond donors (Lipinski definition) is 2. The summed E-state index contributed by atoms with van der Waals surface area (Å²) in [5.74, 6) is 0. The summed E-state index contributed by atoms with van der Waals surface area (Å²) in [7, 11) is 0. The van der Waals surface area contributed by atoms with Gasteiger partial charge in [0.25, 0.3) is 0 Å². The highest BCUT2D eigenvalue weighted by Gasteiger charge is 2.08. The molecule has 0 spiro atoms. The van der Waals surface area contributed by atoms with Crippen molar-refractivity contribution in [3.05, 3.63) is 51.7 Å². The van der Waals surface area contributed by atoms with Gasteiger partial charge in [-0.2, -0.15) is 0 Å². The molecule has 1 aromatic carbocycles. The Labute approximate surface area is 123 Å². The van der Waals surface area contributed by atoms with Gasteiger partial charge in [-0.05, 0) is 30.3 Å². The number of benzene rings is 1. The van der Waals surface area contributed by atoms with E-state index in [1.807, 2.05) is 18.2 Å². The lowest BCUT2D eigenvalue weighted by Crippen LogP contribution is -2.13. The van der Waals surface area contributed by atoms with Crippen LogP contribution in [-0.4, -0.2) is 9.97 Å². The molecule has 0 atom stereocenters. The van der Waals surface area contributed by atoms with Gasteiger partial charge in [-0.3, -0.25) is 4.98 Å². The number of aromatic nitrogens is 1. The number of thiocarbonyl (C=S) groups is 1. The highest BCUT2D eigenvalue weighted by Crippen LogP contribution is 2.29. The zero-order valence-electron chi connectivity index (χ0n) is 9.15. The second-order valence-electron chi connectivity index (χ2n) is 3.51. The van der Waals surface area contributed by atoms with E-state index >= 15 is 0 Å². The Bertz CT molecular complexity index is 604. The number of rotatable bonds is 3. The monoisotopic (exact) mass is 341 g/mol. The average molecular weight is 343 g/mol. The van der Waals surface area contributed by atoms with Gasteiger partial charge in [0.1, 0.15) is 10.7 Å². The standard InChI is InChI=1S/C12H9BrClN3S/c13-7-3-4-8(14)10(6-7)17-9-2-1-5-16-11(9)12(15)18/h1-6,17H,(H2,15,18). The van der Waals surface area contributed by atoms with Gasteiger partial charge >= 0.3 is 0 Å². The Balaban J connectivity index is 2.40. The van der Waals surface area contributed by atoms with Gasteiger partial charge in [0.2, 0.25) is 0 Å². The number of nitrogens with zero attached hydrogens (tertiary/aromatic N) is 1. The molecule has 0 aliphatic carbocycles. The van der Waals surface area contributed by atoms with E-state index in [2.05, 4.69) is 26.2 Å². The molecule has 1 heterocycles. The van der Waals surface area contributed by atoms with Gasteiger partial charge < -0.3 is 11.1 Å². The van der Waals surface area contributed by atoms with Crippen LogP contribution in [0.1, 0.15) is 5.69 Å². The van der Waals surface area contributed by atoms with Crippen molar-refractivity contribution in [1.82, 2.24) is 4.98 Å². The van der Waals surface area contributed by atoms with Crippen molar-refractivity contribution in [2.75, 3.05) is 5.32 Å². The molecular formula is C12H9BrClN3S. The quantitative estimate of drug-likeness (QED) is 0.831. The zero-order valence-corrected chi connectivity index (χ0v) is 12.3. The van der Waals surface area contributed by atoms with Gasteiger partial charge in [-0.1, -0.05) is 39.7 Å². The Hall–Kier alpha value is -1.17. The first-order chi connectivity index (χ1) is 8.58. The fraction of sp³-hybridized carbons (Fsp3) is 0. The molecule has 3 nitrogen and oxygen atoms in total. The molecule has 1 aromatic heterocycles. The third-order valence-electron chi connectivity index (χ3n) is 2.24. The van der Waals surface area contributed by atoms with Gasteiger partial charge in [-0.15, -0.1) is 0 Å². The van der Waals surface area contributed by atoms with Gasteiger partial charge in [0.05, 0.1) is 16.4 Å². The van der Waals surface area contributed by atoms with E-state index in [0.29, 0.717) is 10.7 Å². The lowest BCUT2D eigenvalue weighted by atomic mass is 10.2. The number of nitrogens with one attached hydrogen (secondary N) is 1. The maximum atomic E-state index is 6.11. The van der Waals surface area contributed by atoms with Crippen molar-refractivity contribution < 1.29 is 0 Å². The first-order valence-electron chi connectivity index (χ1n) is 5.05. The Morgan fingerprint density at radius 2 is 2.11 bits per heavy atom. The second kappa shape index (κ2) is 5.65. The molecule has 0 aliphatic heterocycles. The topological polar surface area (TPSA) is 50.9 Å². The summed E-state index contributed by atoms with van der Waals surface area (Å²) in [6, 6.07) is 9.18. The van der Waals surface area contributed by atoms with Crippen molar-refractivity contribution in [2.45, 2.75) is 0 Å². The van der Waals surface area contributed by atoms with Crippen molar-refractivity contribution in [3.63, 3.8) is 0 Å². The van der Waals surface area contributed by atoms with E-state index in [1.165, 1.54) is 0 Å². The molecular weight excluding hydrogens is 334 g/mol. The van der Waals surface area contributed by atoms with Gasteiger partial charge in [-0.25, -0.2) is 0 Å². The fourth-order valence-electron chi connectivity index (χ4n) is 1.44. The lowest BCUT2D eigenvalue weighted by Gasteiger charge is -2.11. The first kappa shape index (κ1) is 13.3. The smallest absolute Gasteiger partial charge is 0.124 e. The molecule has 2 rings (SSSR count). The van der Waals surface area contributed by atoms with E-state index in [-0.39, 0.29) is 4.99 Å². The minimum absolute atomic E-state index is 0.240. The van der Waals surface area contributed by atoms with Gasteiger partial charge in [0, 0.05) is 10.7 Å². The maximum absolute atomic E-state index is 6.11. The van der Waals surface area contributed by atoms with Crippen molar-refractivity contribution in [1.29, 1.82) is 0 Å². The Morgan fingerprint density at radius 3 is 2.83 bits per heavy atom. The van der Waals surface area contributed by atoms with Crippen LogP contribution < -0.4 is 11.1 Å². The molecule has 18 heavy (non-hydrogen) atoms. The summed E-state index contributed by atoms with van der Waals surface area (Å²) in [4.78, 5) is 4.38. The molecule has 0 aliphatic rings. The Kier molecular flexibility index (Phi) is 4.16. The van der Waals surface area contributed by atoms with Crippen LogP contribution in [0.25, 0.3) is 0 Å². The summed E-state index contributed by atoms with van der Waals surface area (Å²) in [5.41, 5.74) is 7.66. The van der Waals surface area contributed by atoms with Crippen LogP contribution in [0.15, 0.2) is 41.0 Å². The molecule has 0 saturated carbocycles. The SMILES string of the molecule is NC(=S)c1ncccc1Nc1cc(Br)ccc1Cl. The van der Waals surface area contributed by atoms with E-state index in [0.717, 1.165) is 15.8 Å². The van der Waals surface area contributed by atoms with Crippen LogP contribution in [0, 0.1) is 0 Å². The molecule has 0 fully saturated rings. The molecule has 0 unspecified atom stereocenters. The summed E-state index contributed by atoms with van der Waals surface area (Å²) in [5, 5.41) is 3.78. The van der Waals surface area contributed by atoms with Crippen LogP contribution in [0.4, 0.5) is 11.4 Å². The van der Waals surface area contributed by atoms with E-state index in [4.69, 9.17) is 29.6 Å². The van der Waals surface area contributed by atoms with Crippen LogP contribution in [0.5, 0.6) is 0 Å². The molecule has 0 bridgehead atoms. The molecule has 2 aromatic rings. The van der Waals surface area contributed by atoms with E-state index in [1.54, 1.807) is 18.3 Å². The lowest BCUT2D eigenvalue weighted by molar-refractivity contribution is 1.29. The molecule has 0 saturated heterocycles. The van der Waals surface area contributed by atoms with Crippen molar-refractivity contribution in [2.24, 2.45) is 5.73 Å². The first-order valence-corrected chi connectivity index (χ1v) is 6.63. The average Bonchev–Trinajstić information content (AvgIpc) is 2.34. The summed E-state index contributed by atoms with van der Waals surface area (Å²) >= 11 is 14.5. The molecule has 0 radical (unpaired) electrons. The van der Waals surface area contributed by atoms with Crippen LogP contribution in [0.2, 0.25) is 5.02 Å². The predicted octanol–water partition coefficient (Wildman–Crippen LogP) is 3.88. The van der Waals surface area contributed by atoms with E-state index < -0.39 is 0 Å². The summed E-state index contributed by atoms with van der Waals surface area (Å²) in [6.07, 6.45) is 1.64. The number of hydrogen-bond acceptors (Lipinski definition) is 3. The third kappa shape index (κ3) is 2.98. The van der Waals surface area contributed by atoms with Gasteiger partial charge in [0.15, 0.2) is 0 Å². The normalized spacial score (nSPS) is 10.1. The summed E-state index contributed by atoms with van der Waals surface area (Å²) in [6.45, 7) is 0. The number of anilines is 2. The third-order valence-corrected chi connectivity index (χ3v) is 3.26. The van der Waals surface area contributed by atoms with Crippen LogP contribution >= 0.6 is 39.7 Å². The Morgan fingerprint density at radius 1 is 1.33 bits per heavy atom. The van der Waals surface area contributed by atoms with Crippen molar-refractivity contribution >= 4 is 56.1 Å². The number of halogens is 2. The largest absolute Gasteiger partial charge is 0.388 e. The van der Waals surface area contributed by atoms with Crippen LogP contribution in [-0.2, 0) is 0 Å². The molecule has 0 amide bonds. The highest BCUT2D eigenvalue weighted by molar-refractivity contribution is 9.10. The maximum Gasteiger partial charge on any atom is 0.124 e. The molecule has 92 valence electrons. The molecule has 6 heteroatoms. The van der Waals surface area contributed by atoms with E-state index in [9.17, 15) is 0 Å². The number of pyridine rings is 1. The predicted molar refractivity (Wildman–Crippen MR) is 82.6 cm³/mol. The minimum Gasteiger partial charge on any atom is -0.388 e. The summed E-state index contributed by atoms with van der Waals surface area (Å²) < 4.78 is 0.926. The fourth-order valence-corrected chi connectivity index (χ4v) is 2.13. The second-order valence-corrected chi connectivity index (χ2v) is 5.28. The molecule has 3 N–H and O–H groups in total.